The Kier molecular flexibility index (Phi) is 4.35. The second-order valence-electron chi connectivity index (χ2n) is 4.55. The van der Waals surface area contributed by atoms with Crippen LogP contribution < -0.4 is 5.73 Å². The van der Waals surface area contributed by atoms with Gasteiger partial charge in [-0.2, -0.15) is 0 Å². The van der Waals surface area contributed by atoms with Crippen molar-refractivity contribution in [2.75, 3.05) is 46.3 Å². The Bertz CT molecular complexity index is 291. The standard InChI is InChI=1S/C12H21N3S/c1-14-4-6-15(7-5-14)10-11(9-13)12-3-2-8-16-12/h2-3,8,11H,4-7,9-10,13H2,1H3. The zero-order valence-corrected chi connectivity index (χ0v) is 10.7. The fraction of sp³-hybridized carbons (Fsp3) is 0.667. The van der Waals surface area contributed by atoms with E-state index in [1.54, 1.807) is 0 Å². The first-order valence-corrected chi connectivity index (χ1v) is 6.82. The highest BCUT2D eigenvalue weighted by molar-refractivity contribution is 7.10. The van der Waals surface area contributed by atoms with Gasteiger partial charge >= 0.3 is 0 Å². The SMILES string of the molecule is CN1CCN(CC(CN)c2cccs2)CC1. The number of piperazine rings is 1. The molecule has 0 bridgehead atoms. The van der Waals surface area contributed by atoms with Crippen molar-refractivity contribution in [3.8, 4) is 0 Å². The van der Waals surface area contributed by atoms with Gasteiger partial charge in [0.25, 0.3) is 0 Å². The lowest BCUT2D eigenvalue weighted by Gasteiger charge is -2.34. The quantitative estimate of drug-likeness (QED) is 0.852. The predicted octanol–water partition coefficient (Wildman–Crippen LogP) is 1.04. The molecule has 1 atom stereocenters. The maximum atomic E-state index is 5.88. The Morgan fingerprint density at radius 3 is 2.69 bits per heavy atom. The highest BCUT2D eigenvalue weighted by Gasteiger charge is 2.19. The summed E-state index contributed by atoms with van der Waals surface area (Å²) in [5.74, 6) is 0.517. The number of likely N-dealkylation sites (N-methyl/N-ethyl adjacent to an activating group) is 1. The van der Waals surface area contributed by atoms with Crippen LogP contribution in [-0.4, -0.2) is 56.1 Å². The molecule has 1 aromatic heterocycles. The van der Waals surface area contributed by atoms with E-state index in [1.165, 1.54) is 31.1 Å². The van der Waals surface area contributed by atoms with E-state index in [9.17, 15) is 0 Å². The zero-order valence-electron chi connectivity index (χ0n) is 9.93. The van der Waals surface area contributed by atoms with Crippen LogP contribution in [0.1, 0.15) is 10.8 Å². The molecule has 1 saturated heterocycles. The third-order valence-electron chi connectivity index (χ3n) is 3.30. The van der Waals surface area contributed by atoms with E-state index in [-0.39, 0.29) is 0 Å². The van der Waals surface area contributed by atoms with Gasteiger partial charge in [-0.05, 0) is 18.5 Å². The summed E-state index contributed by atoms with van der Waals surface area (Å²) in [6, 6.07) is 4.32. The molecule has 16 heavy (non-hydrogen) atoms. The van der Waals surface area contributed by atoms with Crippen LogP contribution in [0.15, 0.2) is 17.5 Å². The van der Waals surface area contributed by atoms with E-state index < -0.39 is 0 Å². The second-order valence-corrected chi connectivity index (χ2v) is 5.53. The molecular formula is C12H21N3S. The molecule has 90 valence electrons. The molecule has 0 amide bonds. The summed E-state index contributed by atoms with van der Waals surface area (Å²) in [5.41, 5.74) is 5.88. The van der Waals surface area contributed by atoms with Crippen molar-refractivity contribution in [3.05, 3.63) is 22.4 Å². The maximum absolute atomic E-state index is 5.88. The molecule has 0 radical (unpaired) electrons. The smallest absolute Gasteiger partial charge is 0.0183 e. The number of hydrogen-bond acceptors (Lipinski definition) is 4. The molecule has 3 nitrogen and oxygen atoms in total. The fourth-order valence-corrected chi connectivity index (χ4v) is 2.98. The van der Waals surface area contributed by atoms with Gasteiger partial charge in [-0.15, -0.1) is 11.3 Å². The molecule has 0 aromatic carbocycles. The molecule has 1 aliphatic heterocycles. The molecule has 2 heterocycles. The molecule has 1 aromatic rings. The van der Waals surface area contributed by atoms with E-state index in [1.807, 2.05) is 11.3 Å². The third kappa shape index (κ3) is 3.04. The Labute approximate surface area is 102 Å². The van der Waals surface area contributed by atoms with E-state index in [0.717, 1.165) is 13.1 Å². The third-order valence-corrected chi connectivity index (χ3v) is 4.34. The average Bonchev–Trinajstić information content (AvgIpc) is 2.82. The summed E-state index contributed by atoms with van der Waals surface area (Å²) >= 11 is 1.83. The number of hydrogen-bond donors (Lipinski definition) is 1. The Hall–Kier alpha value is -0.420. The van der Waals surface area contributed by atoms with Gasteiger partial charge in [0.1, 0.15) is 0 Å². The molecule has 2 rings (SSSR count). The summed E-state index contributed by atoms with van der Waals surface area (Å²) < 4.78 is 0. The minimum Gasteiger partial charge on any atom is -0.330 e. The van der Waals surface area contributed by atoms with Gasteiger partial charge in [0, 0.05) is 50.1 Å². The summed E-state index contributed by atoms with van der Waals surface area (Å²) in [7, 11) is 2.19. The predicted molar refractivity (Wildman–Crippen MR) is 70.1 cm³/mol. The average molecular weight is 239 g/mol. The number of thiophene rings is 1. The molecular weight excluding hydrogens is 218 g/mol. The number of nitrogens with zero attached hydrogens (tertiary/aromatic N) is 2. The molecule has 1 unspecified atom stereocenters. The molecule has 0 aliphatic carbocycles. The lowest BCUT2D eigenvalue weighted by molar-refractivity contribution is 0.148. The van der Waals surface area contributed by atoms with Gasteiger partial charge < -0.3 is 15.5 Å². The first kappa shape index (κ1) is 12.0. The summed E-state index contributed by atoms with van der Waals surface area (Å²) in [6.07, 6.45) is 0. The highest BCUT2D eigenvalue weighted by Crippen LogP contribution is 2.21. The molecule has 1 aliphatic rings. The number of nitrogens with two attached hydrogens (primary N) is 1. The monoisotopic (exact) mass is 239 g/mol. The first-order valence-electron chi connectivity index (χ1n) is 5.94. The lowest BCUT2D eigenvalue weighted by Crippen LogP contribution is -2.46. The minimum absolute atomic E-state index is 0.517. The van der Waals surface area contributed by atoms with Crippen molar-refractivity contribution in [1.29, 1.82) is 0 Å². The summed E-state index contributed by atoms with van der Waals surface area (Å²) in [5, 5.41) is 2.14. The van der Waals surface area contributed by atoms with Crippen LogP contribution >= 0.6 is 11.3 Å². The van der Waals surface area contributed by atoms with Crippen LogP contribution in [-0.2, 0) is 0 Å². The van der Waals surface area contributed by atoms with Crippen molar-refractivity contribution >= 4 is 11.3 Å². The molecule has 1 fully saturated rings. The van der Waals surface area contributed by atoms with E-state index in [4.69, 9.17) is 5.73 Å². The summed E-state index contributed by atoms with van der Waals surface area (Å²) in [6.45, 7) is 6.60. The largest absolute Gasteiger partial charge is 0.330 e. The fourth-order valence-electron chi connectivity index (χ4n) is 2.15. The van der Waals surface area contributed by atoms with Crippen molar-refractivity contribution in [1.82, 2.24) is 9.80 Å². The van der Waals surface area contributed by atoms with Gasteiger partial charge in [0.15, 0.2) is 0 Å². The van der Waals surface area contributed by atoms with Crippen LogP contribution in [0.25, 0.3) is 0 Å². The topological polar surface area (TPSA) is 32.5 Å². The van der Waals surface area contributed by atoms with Gasteiger partial charge in [-0.25, -0.2) is 0 Å². The number of rotatable bonds is 4. The van der Waals surface area contributed by atoms with Crippen molar-refractivity contribution in [2.24, 2.45) is 5.73 Å². The van der Waals surface area contributed by atoms with E-state index in [0.29, 0.717) is 5.92 Å². The second kappa shape index (κ2) is 5.77. The zero-order chi connectivity index (χ0) is 11.4. The van der Waals surface area contributed by atoms with Crippen molar-refractivity contribution < 1.29 is 0 Å². The maximum Gasteiger partial charge on any atom is 0.0183 e. The van der Waals surface area contributed by atoms with Gasteiger partial charge in [0.2, 0.25) is 0 Å². The van der Waals surface area contributed by atoms with Crippen LogP contribution in [0.3, 0.4) is 0 Å². The van der Waals surface area contributed by atoms with Crippen molar-refractivity contribution in [3.63, 3.8) is 0 Å². The van der Waals surface area contributed by atoms with Crippen LogP contribution in [0.2, 0.25) is 0 Å². The minimum atomic E-state index is 0.517. The lowest BCUT2D eigenvalue weighted by atomic mass is 10.1. The van der Waals surface area contributed by atoms with E-state index in [2.05, 4.69) is 34.4 Å². The van der Waals surface area contributed by atoms with Crippen LogP contribution in [0.4, 0.5) is 0 Å². The normalized spacial score (nSPS) is 21.1. The Morgan fingerprint density at radius 1 is 1.38 bits per heavy atom. The van der Waals surface area contributed by atoms with Gasteiger partial charge in [-0.1, -0.05) is 6.07 Å². The van der Waals surface area contributed by atoms with Crippen LogP contribution in [0.5, 0.6) is 0 Å². The molecule has 4 heteroatoms. The van der Waals surface area contributed by atoms with Crippen molar-refractivity contribution in [2.45, 2.75) is 5.92 Å². The molecule has 0 spiro atoms. The van der Waals surface area contributed by atoms with Gasteiger partial charge in [-0.3, -0.25) is 0 Å². The van der Waals surface area contributed by atoms with Crippen LogP contribution in [0, 0.1) is 0 Å². The molecule has 0 saturated carbocycles. The molecule has 2 N–H and O–H groups in total. The summed E-state index contributed by atoms with van der Waals surface area (Å²) in [4.78, 5) is 6.36. The first-order chi connectivity index (χ1) is 7.79. The van der Waals surface area contributed by atoms with E-state index >= 15 is 0 Å². The van der Waals surface area contributed by atoms with Gasteiger partial charge in [0.05, 0.1) is 0 Å². The highest BCUT2D eigenvalue weighted by atomic mass is 32.1. The Morgan fingerprint density at radius 2 is 2.12 bits per heavy atom. The Balaban J connectivity index is 1.87.